The second kappa shape index (κ2) is 4.82. The molecule has 0 aliphatic heterocycles. The van der Waals surface area contributed by atoms with Crippen LogP contribution >= 0.6 is 0 Å². The minimum atomic E-state index is -3.42. The van der Waals surface area contributed by atoms with E-state index in [1.807, 2.05) is 6.07 Å². The Hall–Kier alpha value is -1.81. The molecule has 0 aromatic heterocycles. The van der Waals surface area contributed by atoms with E-state index in [-0.39, 0.29) is 0 Å². The van der Waals surface area contributed by atoms with Crippen molar-refractivity contribution < 1.29 is 8.42 Å². The number of anilines is 1. The smallest absolute Gasteiger partial charge is 0.206 e. The Morgan fingerprint density at radius 1 is 0.944 bits per heavy atom. The van der Waals surface area contributed by atoms with Crippen LogP contribution in [0.5, 0.6) is 0 Å². The second-order valence-corrected chi connectivity index (χ2v) is 5.96. The highest BCUT2D eigenvalue weighted by Gasteiger charge is 2.18. The molecule has 0 spiro atoms. The Labute approximate surface area is 107 Å². The quantitative estimate of drug-likeness (QED) is 0.924. The Morgan fingerprint density at radius 3 is 2.11 bits per heavy atom. The third-order valence-corrected chi connectivity index (χ3v) is 4.77. The zero-order valence-corrected chi connectivity index (χ0v) is 11.2. The minimum absolute atomic E-state index is 0.316. The molecule has 2 aromatic rings. The fourth-order valence-corrected chi connectivity index (χ4v) is 3.28. The zero-order chi connectivity index (χ0) is 13.2. The Bertz CT molecular complexity index is 646. The molecule has 0 unspecified atom stereocenters. The predicted molar refractivity (Wildman–Crippen MR) is 72.6 cm³/mol. The van der Waals surface area contributed by atoms with Crippen LogP contribution in [0.3, 0.4) is 0 Å². The van der Waals surface area contributed by atoms with Gasteiger partial charge in [0.2, 0.25) is 9.84 Å². The van der Waals surface area contributed by atoms with E-state index in [1.54, 1.807) is 56.4 Å². The Balaban J connectivity index is 2.51. The van der Waals surface area contributed by atoms with Crippen molar-refractivity contribution >= 4 is 15.5 Å². The summed E-state index contributed by atoms with van der Waals surface area (Å²) in [6, 6.07) is 13.8. The fraction of sp³-hybridized carbons (Fsp3) is 0.143. The molecule has 3 nitrogen and oxygen atoms in total. The van der Waals surface area contributed by atoms with Gasteiger partial charge in [0, 0.05) is 12.7 Å². The fourth-order valence-electron chi connectivity index (χ4n) is 1.79. The number of nitrogens with one attached hydrogen (secondary N) is 1. The molecule has 0 radical (unpaired) electrons. The Kier molecular flexibility index (Phi) is 3.39. The monoisotopic (exact) mass is 261 g/mol. The molecular weight excluding hydrogens is 246 g/mol. The van der Waals surface area contributed by atoms with Gasteiger partial charge >= 0.3 is 0 Å². The van der Waals surface area contributed by atoms with Crippen molar-refractivity contribution in [1.29, 1.82) is 0 Å². The molecule has 0 aliphatic rings. The molecule has 1 N–H and O–H groups in total. The number of benzene rings is 2. The lowest BCUT2D eigenvalue weighted by molar-refractivity contribution is 0.595. The molecule has 18 heavy (non-hydrogen) atoms. The van der Waals surface area contributed by atoms with Crippen LogP contribution in [0.4, 0.5) is 5.69 Å². The van der Waals surface area contributed by atoms with Gasteiger partial charge in [0.15, 0.2) is 0 Å². The van der Waals surface area contributed by atoms with Crippen molar-refractivity contribution in [3.05, 3.63) is 54.1 Å². The van der Waals surface area contributed by atoms with Crippen molar-refractivity contribution in [2.45, 2.75) is 16.7 Å². The van der Waals surface area contributed by atoms with Crippen molar-refractivity contribution in [2.24, 2.45) is 0 Å². The summed E-state index contributed by atoms with van der Waals surface area (Å²) in [5, 5.41) is 2.96. The van der Waals surface area contributed by atoms with Gasteiger partial charge in [0.05, 0.1) is 9.79 Å². The molecule has 0 saturated heterocycles. The van der Waals surface area contributed by atoms with Gasteiger partial charge < -0.3 is 5.32 Å². The maximum Gasteiger partial charge on any atom is 0.206 e. The third kappa shape index (κ3) is 2.24. The lowest BCUT2D eigenvalue weighted by Gasteiger charge is -2.08. The lowest BCUT2D eigenvalue weighted by atomic mass is 10.2. The van der Waals surface area contributed by atoms with Crippen LogP contribution in [-0.2, 0) is 9.84 Å². The van der Waals surface area contributed by atoms with Gasteiger partial charge in [0.25, 0.3) is 0 Å². The largest absolute Gasteiger partial charge is 0.388 e. The van der Waals surface area contributed by atoms with Gasteiger partial charge in [0.1, 0.15) is 0 Å². The molecule has 94 valence electrons. The lowest BCUT2D eigenvalue weighted by Crippen LogP contribution is -2.04. The topological polar surface area (TPSA) is 46.2 Å². The second-order valence-electron chi connectivity index (χ2n) is 4.04. The number of hydrogen-bond donors (Lipinski definition) is 1. The van der Waals surface area contributed by atoms with E-state index in [0.717, 1.165) is 11.3 Å². The van der Waals surface area contributed by atoms with E-state index in [4.69, 9.17) is 0 Å². The van der Waals surface area contributed by atoms with Gasteiger partial charge in [-0.15, -0.1) is 0 Å². The van der Waals surface area contributed by atoms with Crippen LogP contribution in [-0.4, -0.2) is 15.5 Å². The molecule has 0 bridgehead atoms. The summed E-state index contributed by atoms with van der Waals surface area (Å²) in [6.45, 7) is 1.80. The first kappa shape index (κ1) is 12.6. The molecule has 0 aliphatic carbocycles. The van der Waals surface area contributed by atoms with Crippen molar-refractivity contribution in [2.75, 3.05) is 12.4 Å². The molecule has 2 rings (SSSR count). The van der Waals surface area contributed by atoms with Crippen LogP contribution in [0, 0.1) is 6.92 Å². The molecule has 2 aromatic carbocycles. The maximum absolute atomic E-state index is 12.4. The first-order valence-corrected chi connectivity index (χ1v) is 7.12. The van der Waals surface area contributed by atoms with Gasteiger partial charge in [-0.05, 0) is 42.8 Å². The molecular formula is C14H15NO2S. The van der Waals surface area contributed by atoms with E-state index in [2.05, 4.69) is 5.32 Å². The summed E-state index contributed by atoms with van der Waals surface area (Å²) >= 11 is 0. The van der Waals surface area contributed by atoms with Crippen LogP contribution < -0.4 is 5.32 Å². The Morgan fingerprint density at radius 2 is 1.56 bits per heavy atom. The van der Waals surface area contributed by atoms with Gasteiger partial charge in [-0.2, -0.15) is 0 Å². The van der Waals surface area contributed by atoms with Crippen LogP contribution in [0.25, 0.3) is 0 Å². The summed E-state index contributed by atoms with van der Waals surface area (Å²) in [6.07, 6.45) is 0. The SMILES string of the molecule is CNc1ccc(S(=O)(=O)c2ccccc2C)cc1. The third-order valence-electron chi connectivity index (χ3n) is 2.84. The van der Waals surface area contributed by atoms with E-state index < -0.39 is 9.84 Å². The van der Waals surface area contributed by atoms with Crippen LogP contribution in [0.2, 0.25) is 0 Å². The summed E-state index contributed by atoms with van der Waals surface area (Å²) in [5.74, 6) is 0. The molecule has 0 fully saturated rings. The number of hydrogen-bond acceptors (Lipinski definition) is 3. The van der Waals surface area contributed by atoms with Gasteiger partial charge in [-0.3, -0.25) is 0 Å². The van der Waals surface area contributed by atoms with E-state index in [9.17, 15) is 8.42 Å². The molecule has 0 atom stereocenters. The number of rotatable bonds is 3. The average molecular weight is 261 g/mol. The highest BCUT2D eigenvalue weighted by atomic mass is 32.2. The standard InChI is InChI=1S/C14H15NO2S/c1-11-5-3-4-6-14(11)18(16,17)13-9-7-12(15-2)8-10-13/h3-10,15H,1-2H3. The highest BCUT2D eigenvalue weighted by molar-refractivity contribution is 7.91. The minimum Gasteiger partial charge on any atom is -0.388 e. The molecule has 0 saturated carbocycles. The van der Waals surface area contributed by atoms with E-state index in [1.165, 1.54) is 0 Å². The number of sulfone groups is 1. The number of aryl methyl sites for hydroxylation is 1. The van der Waals surface area contributed by atoms with Gasteiger partial charge in [-0.1, -0.05) is 18.2 Å². The summed E-state index contributed by atoms with van der Waals surface area (Å²) in [5.41, 5.74) is 1.65. The molecule has 4 heteroatoms. The van der Waals surface area contributed by atoms with Gasteiger partial charge in [-0.25, -0.2) is 8.42 Å². The van der Waals surface area contributed by atoms with Crippen molar-refractivity contribution in [1.82, 2.24) is 0 Å². The first-order chi connectivity index (χ1) is 8.55. The zero-order valence-electron chi connectivity index (χ0n) is 10.3. The maximum atomic E-state index is 12.4. The summed E-state index contributed by atoms with van der Waals surface area (Å²) in [4.78, 5) is 0.679. The van der Waals surface area contributed by atoms with Crippen molar-refractivity contribution in [3.63, 3.8) is 0 Å². The molecule has 0 heterocycles. The van der Waals surface area contributed by atoms with Crippen molar-refractivity contribution in [3.8, 4) is 0 Å². The highest BCUT2D eigenvalue weighted by Crippen LogP contribution is 2.24. The van der Waals surface area contributed by atoms with Crippen LogP contribution in [0.15, 0.2) is 58.3 Å². The average Bonchev–Trinajstić information content (AvgIpc) is 2.39. The normalized spacial score (nSPS) is 11.2. The van der Waals surface area contributed by atoms with Crippen LogP contribution in [0.1, 0.15) is 5.56 Å². The summed E-state index contributed by atoms with van der Waals surface area (Å²) in [7, 11) is -1.63. The first-order valence-electron chi connectivity index (χ1n) is 5.64. The summed E-state index contributed by atoms with van der Waals surface area (Å²) < 4.78 is 24.9. The predicted octanol–water partition coefficient (Wildman–Crippen LogP) is 2.87. The van der Waals surface area contributed by atoms with E-state index >= 15 is 0 Å². The molecule has 0 amide bonds. The van der Waals surface area contributed by atoms with E-state index in [0.29, 0.717) is 9.79 Å².